The van der Waals surface area contributed by atoms with Crippen LogP contribution < -0.4 is 10.1 Å². The lowest BCUT2D eigenvalue weighted by molar-refractivity contribution is -0.155. The molecule has 134 valence electrons. The van der Waals surface area contributed by atoms with Crippen LogP contribution in [0.4, 0.5) is 5.69 Å². The summed E-state index contributed by atoms with van der Waals surface area (Å²) in [6.07, 6.45) is -0.188. The first kappa shape index (κ1) is 18.8. The SMILES string of the molecule is COc1ccc(N[C@](C(=O)OC(C)C)(c2ccccc2)C(C)C)cc1. The second-order valence-corrected chi connectivity index (χ2v) is 6.64. The third-order valence-electron chi connectivity index (χ3n) is 4.19. The molecule has 0 saturated carbocycles. The lowest BCUT2D eigenvalue weighted by Gasteiger charge is -2.38. The number of esters is 1. The highest BCUT2D eigenvalue weighted by molar-refractivity contribution is 5.87. The molecule has 2 aromatic carbocycles. The number of benzene rings is 2. The summed E-state index contributed by atoms with van der Waals surface area (Å²) in [4.78, 5) is 13.1. The number of hydrogen-bond donors (Lipinski definition) is 1. The first-order chi connectivity index (χ1) is 11.9. The molecule has 0 spiro atoms. The van der Waals surface area contributed by atoms with Crippen LogP contribution in [0.15, 0.2) is 54.6 Å². The Kier molecular flexibility index (Phi) is 6.07. The van der Waals surface area contributed by atoms with Crippen LogP contribution in [0.2, 0.25) is 0 Å². The van der Waals surface area contributed by atoms with Crippen molar-refractivity contribution in [3.63, 3.8) is 0 Å². The van der Waals surface area contributed by atoms with Gasteiger partial charge in [-0.05, 0) is 49.6 Å². The largest absolute Gasteiger partial charge is 0.497 e. The number of rotatable bonds is 7. The number of hydrogen-bond acceptors (Lipinski definition) is 4. The molecule has 25 heavy (non-hydrogen) atoms. The van der Waals surface area contributed by atoms with Crippen molar-refractivity contribution in [2.24, 2.45) is 5.92 Å². The minimum absolute atomic E-state index is 0.0248. The quantitative estimate of drug-likeness (QED) is 0.747. The maximum Gasteiger partial charge on any atom is 0.337 e. The molecular weight excluding hydrogens is 314 g/mol. The summed E-state index contributed by atoms with van der Waals surface area (Å²) in [6.45, 7) is 7.76. The van der Waals surface area contributed by atoms with Crippen molar-refractivity contribution >= 4 is 11.7 Å². The van der Waals surface area contributed by atoms with Crippen LogP contribution in [0.1, 0.15) is 33.3 Å². The van der Waals surface area contributed by atoms with Crippen molar-refractivity contribution in [1.82, 2.24) is 0 Å². The zero-order chi connectivity index (χ0) is 18.4. The van der Waals surface area contributed by atoms with Gasteiger partial charge in [0.15, 0.2) is 5.54 Å². The Morgan fingerprint density at radius 2 is 1.56 bits per heavy atom. The Morgan fingerprint density at radius 1 is 0.960 bits per heavy atom. The highest BCUT2D eigenvalue weighted by atomic mass is 16.5. The smallest absolute Gasteiger partial charge is 0.337 e. The van der Waals surface area contributed by atoms with E-state index in [1.807, 2.05) is 82.3 Å². The summed E-state index contributed by atoms with van der Waals surface area (Å²) in [5.74, 6) is 0.466. The van der Waals surface area contributed by atoms with Gasteiger partial charge in [-0.15, -0.1) is 0 Å². The fourth-order valence-electron chi connectivity index (χ4n) is 2.86. The van der Waals surface area contributed by atoms with Crippen LogP contribution in [-0.2, 0) is 15.1 Å². The first-order valence-electron chi connectivity index (χ1n) is 8.59. The van der Waals surface area contributed by atoms with Gasteiger partial charge in [-0.1, -0.05) is 44.2 Å². The van der Waals surface area contributed by atoms with Crippen LogP contribution in [0.25, 0.3) is 0 Å². The van der Waals surface area contributed by atoms with E-state index in [9.17, 15) is 4.79 Å². The predicted molar refractivity (Wildman–Crippen MR) is 101 cm³/mol. The number of anilines is 1. The summed E-state index contributed by atoms with van der Waals surface area (Å²) in [5, 5.41) is 3.43. The Balaban J connectivity index is 2.50. The van der Waals surface area contributed by atoms with E-state index >= 15 is 0 Å². The molecule has 0 radical (unpaired) electrons. The Bertz CT molecular complexity index is 680. The van der Waals surface area contributed by atoms with E-state index in [-0.39, 0.29) is 18.0 Å². The highest BCUT2D eigenvalue weighted by Gasteiger charge is 2.45. The van der Waals surface area contributed by atoms with Crippen LogP contribution in [0.3, 0.4) is 0 Å². The normalized spacial score (nSPS) is 13.4. The Hall–Kier alpha value is -2.49. The Labute approximate surface area is 150 Å². The molecule has 0 aromatic heterocycles. The maximum atomic E-state index is 13.1. The molecule has 1 atom stereocenters. The van der Waals surface area contributed by atoms with Crippen molar-refractivity contribution in [3.8, 4) is 5.75 Å². The molecule has 0 fully saturated rings. The van der Waals surface area contributed by atoms with Gasteiger partial charge in [0.2, 0.25) is 0 Å². The highest BCUT2D eigenvalue weighted by Crippen LogP contribution is 2.36. The molecule has 0 aliphatic carbocycles. The average Bonchev–Trinajstić information content (AvgIpc) is 2.60. The average molecular weight is 341 g/mol. The van der Waals surface area contributed by atoms with E-state index in [0.717, 1.165) is 17.0 Å². The van der Waals surface area contributed by atoms with E-state index in [0.29, 0.717) is 0 Å². The molecule has 4 nitrogen and oxygen atoms in total. The molecular formula is C21H27NO3. The topological polar surface area (TPSA) is 47.6 Å². The number of carbonyl (C=O) groups is 1. The van der Waals surface area contributed by atoms with Gasteiger partial charge in [0, 0.05) is 5.69 Å². The fourth-order valence-corrected chi connectivity index (χ4v) is 2.86. The summed E-state index contributed by atoms with van der Waals surface area (Å²) >= 11 is 0. The second kappa shape index (κ2) is 8.06. The van der Waals surface area contributed by atoms with E-state index in [1.54, 1.807) is 7.11 Å². The lowest BCUT2D eigenvalue weighted by Crippen LogP contribution is -2.49. The molecule has 1 N–H and O–H groups in total. The van der Waals surface area contributed by atoms with Gasteiger partial charge in [0.1, 0.15) is 5.75 Å². The fraction of sp³-hybridized carbons (Fsp3) is 0.381. The van der Waals surface area contributed by atoms with Crippen molar-refractivity contribution in [2.75, 3.05) is 12.4 Å². The van der Waals surface area contributed by atoms with Gasteiger partial charge in [0.05, 0.1) is 13.2 Å². The third kappa shape index (κ3) is 4.13. The van der Waals surface area contributed by atoms with E-state index < -0.39 is 5.54 Å². The minimum atomic E-state index is -0.972. The molecule has 0 amide bonds. The van der Waals surface area contributed by atoms with Gasteiger partial charge in [-0.25, -0.2) is 4.79 Å². The van der Waals surface area contributed by atoms with Crippen molar-refractivity contribution < 1.29 is 14.3 Å². The molecule has 2 aromatic rings. The van der Waals surface area contributed by atoms with Crippen LogP contribution in [0.5, 0.6) is 5.75 Å². The first-order valence-corrected chi connectivity index (χ1v) is 8.59. The molecule has 0 saturated heterocycles. The van der Waals surface area contributed by atoms with Gasteiger partial charge in [-0.2, -0.15) is 0 Å². The summed E-state index contributed by atoms with van der Waals surface area (Å²) < 4.78 is 10.8. The van der Waals surface area contributed by atoms with E-state index in [1.165, 1.54) is 0 Å². The van der Waals surface area contributed by atoms with Crippen molar-refractivity contribution in [1.29, 1.82) is 0 Å². The molecule has 0 unspecified atom stereocenters. The summed E-state index contributed by atoms with van der Waals surface area (Å²) in [7, 11) is 1.63. The van der Waals surface area contributed by atoms with Gasteiger partial charge >= 0.3 is 5.97 Å². The van der Waals surface area contributed by atoms with Crippen molar-refractivity contribution in [2.45, 2.75) is 39.3 Å². The predicted octanol–water partition coefficient (Wildman–Crippen LogP) is 4.61. The number of nitrogens with one attached hydrogen (secondary N) is 1. The maximum absolute atomic E-state index is 13.1. The van der Waals surface area contributed by atoms with E-state index in [2.05, 4.69) is 5.32 Å². The zero-order valence-corrected chi connectivity index (χ0v) is 15.6. The standard InChI is InChI=1S/C21H27NO3/c1-15(2)21(20(23)25-16(3)4,17-9-7-6-8-10-17)22-18-11-13-19(24-5)14-12-18/h6-16,22H,1-5H3/t21-/m0/s1. The second-order valence-electron chi connectivity index (χ2n) is 6.64. The number of ether oxygens (including phenoxy) is 2. The number of methoxy groups -OCH3 is 1. The van der Waals surface area contributed by atoms with E-state index in [4.69, 9.17) is 9.47 Å². The monoisotopic (exact) mass is 341 g/mol. The Morgan fingerprint density at radius 3 is 2.04 bits per heavy atom. The summed E-state index contributed by atoms with van der Waals surface area (Å²) in [6, 6.07) is 17.3. The summed E-state index contributed by atoms with van der Waals surface area (Å²) in [5.41, 5.74) is 0.741. The molecule has 4 heteroatoms. The molecule has 0 heterocycles. The number of carbonyl (C=O) groups excluding carboxylic acids is 1. The lowest BCUT2D eigenvalue weighted by atomic mass is 9.79. The molecule has 0 aliphatic rings. The van der Waals surface area contributed by atoms with Crippen LogP contribution in [0, 0.1) is 5.92 Å². The minimum Gasteiger partial charge on any atom is -0.497 e. The van der Waals surface area contributed by atoms with Gasteiger partial charge < -0.3 is 14.8 Å². The van der Waals surface area contributed by atoms with Crippen molar-refractivity contribution in [3.05, 3.63) is 60.2 Å². The molecule has 0 bridgehead atoms. The molecule has 2 rings (SSSR count). The van der Waals surface area contributed by atoms with Crippen LogP contribution >= 0.6 is 0 Å². The third-order valence-corrected chi connectivity index (χ3v) is 4.19. The van der Waals surface area contributed by atoms with Gasteiger partial charge in [-0.3, -0.25) is 0 Å². The molecule has 0 aliphatic heterocycles. The van der Waals surface area contributed by atoms with Crippen LogP contribution in [-0.4, -0.2) is 19.2 Å². The zero-order valence-electron chi connectivity index (χ0n) is 15.6. The van der Waals surface area contributed by atoms with Gasteiger partial charge in [0.25, 0.3) is 0 Å².